The van der Waals surface area contributed by atoms with Gasteiger partial charge in [0.1, 0.15) is 11.7 Å². The molecule has 88 valence electrons. The number of aromatic nitrogens is 2. The number of amides is 1. The fraction of sp³-hybridized carbons (Fsp3) is 0.500. The molecule has 0 aromatic carbocycles. The number of hydrogen-bond donors (Lipinski definition) is 1. The van der Waals surface area contributed by atoms with Gasteiger partial charge < -0.3 is 5.32 Å². The second-order valence-electron chi connectivity index (χ2n) is 4.34. The number of nitrogens with zero attached hydrogens (tertiary/aromatic N) is 3. The van der Waals surface area contributed by atoms with Crippen LogP contribution in [-0.2, 0) is 4.79 Å². The average molecular weight is 230 g/mol. The monoisotopic (exact) mass is 230 g/mol. The molecule has 1 amide bonds. The second kappa shape index (κ2) is 4.91. The summed E-state index contributed by atoms with van der Waals surface area (Å²) in [5.41, 5.74) is -0.327. The Morgan fingerprint density at radius 1 is 1.29 bits per heavy atom. The van der Waals surface area contributed by atoms with Crippen LogP contribution in [0.5, 0.6) is 0 Å². The van der Waals surface area contributed by atoms with Gasteiger partial charge >= 0.3 is 0 Å². The van der Waals surface area contributed by atoms with E-state index in [0.29, 0.717) is 18.5 Å². The summed E-state index contributed by atoms with van der Waals surface area (Å²) in [6.07, 6.45) is 8.71. The van der Waals surface area contributed by atoms with E-state index < -0.39 is 5.41 Å². The zero-order valence-electron chi connectivity index (χ0n) is 9.52. The normalized spacial score (nSPS) is 18.1. The van der Waals surface area contributed by atoms with Crippen molar-refractivity contribution in [3.8, 4) is 6.07 Å². The van der Waals surface area contributed by atoms with E-state index >= 15 is 0 Å². The van der Waals surface area contributed by atoms with Gasteiger partial charge in [-0.3, -0.25) is 4.79 Å². The van der Waals surface area contributed by atoms with Gasteiger partial charge in [-0.2, -0.15) is 5.26 Å². The molecular formula is C12H14N4O. The molecule has 1 aliphatic rings. The van der Waals surface area contributed by atoms with E-state index in [0.717, 1.165) is 19.3 Å². The Labute approximate surface area is 99.9 Å². The molecule has 0 aliphatic heterocycles. The molecule has 5 nitrogen and oxygen atoms in total. The molecule has 5 heteroatoms. The van der Waals surface area contributed by atoms with Crippen LogP contribution >= 0.6 is 0 Å². The Balaban J connectivity index is 2.11. The van der Waals surface area contributed by atoms with Gasteiger partial charge in [-0.05, 0) is 12.8 Å². The molecule has 2 rings (SSSR count). The van der Waals surface area contributed by atoms with Crippen LogP contribution in [0.2, 0.25) is 0 Å². The standard InChI is InChI=1S/C12H14N4O/c13-8-12(4-2-1-3-5-12)11(17)16-10-6-14-9-15-7-10/h6-7,9H,1-5H2,(H,16,17). The molecule has 0 spiro atoms. The zero-order chi connectivity index (χ0) is 12.1. The number of nitriles is 1. The fourth-order valence-electron chi connectivity index (χ4n) is 2.16. The lowest BCUT2D eigenvalue weighted by atomic mass is 9.74. The van der Waals surface area contributed by atoms with Crippen molar-refractivity contribution in [1.29, 1.82) is 5.26 Å². The molecule has 1 N–H and O–H groups in total. The van der Waals surface area contributed by atoms with E-state index in [2.05, 4.69) is 21.4 Å². The van der Waals surface area contributed by atoms with Crippen LogP contribution in [0.1, 0.15) is 32.1 Å². The summed E-state index contributed by atoms with van der Waals surface area (Å²) in [7, 11) is 0. The fourth-order valence-corrected chi connectivity index (χ4v) is 2.16. The van der Waals surface area contributed by atoms with Crippen molar-refractivity contribution in [1.82, 2.24) is 9.97 Å². The molecule has 0 saturated heterocycles. The van der Waals surface area contributed by atoms with Crippen LogP contribution < -0.4 is 5.32 Å². The van der Waals surface area contributed by atoms with Gasteiger partial charge in [0.15, 0.2) is 0 Å². The highest BCUT2D eigenvalue weighted by Gasteiger charge is 2.39. The molecule has 17 heavy (non-hydrogen) atoms. The first-order valence-corrected chi connectivity index (χ1v) is 5.74. The molecule has 1 heterocycles. The van der Waals surface area contributed by atoms with Crippen molar-refractivity contribution >= 4 is 11.6 Å². The third-order valence-electron chi connectivity index (χ3n) is 3.17. The Morgan fingerprint density at radius 2 is 1.94 bits per heavy atom. The molecule has 1 aliphatic carbocycles. The van der Waals surface area contributed by atoms with Gasteiger partial charge in [-0.1, -0.05) is 19.3 Å². The lowest BCUT2D eigenvalue weighted by Gasteiger charge is -2.28. The Hall–Kier alpha value is -1.96. The summed E-state index contributed by atoms with van der Waals surface area (Å²) in [5, 5.41) is 12.0. The summed E-state index contributed by atoms with van der Waals surface area (Å²) in [6.45, 7) is 0. The smallest absolute Gasteiger partial charge is 0.244 e. The first-order valence-electron chi connectivity index (χ1n) is 5.74. The Morgan fingerprint density at radius 3 is 2.53 bits per heavy atom. The van der Waals surface area contributed by atoms with Gasteiger partial charge in [0.05, 0.1) is 24.2 Å². The number of carbonyl (C=O) groups excluding carboxylic acids is 1. The first kappa shape index (κ1) is 11.5. The highest BCUT2D eigenvalue weighted by molar-refractivity contribution is 5.97. The topological polar surface area (TPSA) is 78.7 Å². The minimum atomic E-state index is -0.867. The maximum Gasteiger partial charge on any atom is 0.244 e. The van der Waals surface area contributed by atoms with Crippen LogP contribution in [0.4, 0.5) is 5.69 Å². The van der Waals surface area contributed by atoms with E-state index in [1.54, 1.807) is 0 Å². The highest BCUT2D eigenvalue weighted by Crippen LogP contribution is 2.36. The average Bonchev–Trinajstić information content (AvgIpc) is 2.40. The molecule has 1 aromatic heterocycles. The molecule has 1 saturated carbocycles. The number of hydrogen-bond acceptors (Lipinski definition) is 4. The van der Waals surface area contributed by atoms with E-state index in [9.17, 15) is 10.1 Å². The summed E-state index contributed by atoms with van der Waals surface area (Å²) >= 11 is 0. The molecule has 0 bridgehead atoms. The third-order valence-corrected chi connectivity index (χ3v) is 3.17. The van der Waals surface area contributed by atoms with Gasteiger partial charge in [0.25, 0.3) is 0 Å². The van der Waals surface area contributed by atoms with Crippen molar-refractivity contribution in [3.63, 3.8) is 0 Å². The van der Waals surface area contributed by atoms with Crippen molar-refractivity contribution in [2.24, 2.45) is 5.41 Å². The first-order chi connectivity index (χ1) is 8.27. The van der Waals surface area contributed by atoms with Gasteiger partial charge in [-0.25, -0.2) is 9.97 Å². The predicted octanol–water partition coefficient (Wildman–Crippen LogP) is 1.89. The summed E-state index contributed by atoms with van der Waals surface area (Å²) in [6, 6.07) is 2.18. The van der Waals surface area contributed by atoms with Crippen molar-refractivity contribution in [3.05, 3.63) is 18.7 Å². The second-order valence-corrected chi connectivity index (χ2v) is 4.34. The lowest BCUT2D eigenvalue weighted by Crippen LogP contribution is -2.36. The molecule has 0 radical (unpaired) electrons. The predicted molar refractivity (Wildman–Crippen MR) is 61.8 cm³/mol. The van der Waals surface area contributed by atoms with Crippen LogP contribution in [0.3, 0.4) is 0 Å². The summed E-state index contributed by atoms with van der Waals surface area (Å²) < 4.78 is 0. The minimum Gasteiger partial charge on any atom is -0.322 e. The molecule has 0 atom stereocenters. The molecule has 1 aromatic rings. The van der Waals surface area contributed by atoms with Crippen LogP contribution in [0.25, 0.3) is 0 Å². The van der Waals surface area contributed by atoms with E-state index in [1.807, 2.05) is 0 Å². The highest BCUT2D eigenvalue weighted by atomic mass is 16.2. The van der Waals surface area contributed by atoms with E-state index in [1.165, 1.54) is 18.7 Å². The largest absolute Gasteiger partial charge is 0.322 e. The third kappa shape index (κ3) is 2.41. The quantitative estimate of drug-likeness (QED) is 0.841. The van der Waals surface area contributed by atoms with Crippen LogP contribution in [0.15, 0.2) is 18.7 Å². The Bertz CT molecular complexity index is 432. The van der Waals surface area contributed by atoms with Gasteiger partial charge in [-0.15, -0.1) is 0 Å². The number of rotatable bonds is 2. The maximum absolute atomic E-state index is 12.1. The zero-order valence-corrected chi connectivity index (χ0v) is 9.52. The molecular weight excluding hydrogens is 216 g/mol. The van der Waals surface area contributed by atoms with Gasteiger partial charge in [0.2, 0.25) is 5.91 Å². The number of carbonyl (C=O) groups is 1. The maximum atomic E-state index is 12.1. The van der Waals surface area contributed by atoms with E-state index in [4.69, 9.17) is 0 Å². The summed E-state index contributed by atoms with van der Waals surface area (Å²) in [4.78, 5) is 19.8. The van der Waals surface area contributed by atoms with Crippen LogP contribution in [0, 0.1) is 16.7 Å². The lowest BCUT2D eigenvalue weighted by molar-refractivity contribution is -0.124. The van der Waals surface area contributed by atoms with Crippen molar-refractivity contribution in [2.45, 2.75) is 32.1 Å². The number of nitrogens with one attached hydrogen (secondary N) is 1. The molecule has 1 fully saturated rings. The van der Waals surface area contributed by atoms with Crippen molar-refractivity contribution in [2.75, 3.05) is 5.32 Å². The van der Waals surface area contributed by atoms with E-state index in [-0.39, 0.29) is 5.91 Å². The summed E-state index contributed by atoms with van der Waals surface area (Å²) in [5.74, 6) is -0.227. The van der Waals surface area contributed by atoms with Gasteiger partial charge in [0, 0.05) is 0 Å². The Kier molecular flexibility index (Phi) is 3.33. The van der Waals surface area contributed by atoms with Crippen LogP contribution in [-0.4, -0.2) is 15.9 Å². The number of anilines is 1. The SMILES string of the molecule is N#CC1(C(=O)Nc2cncnc2)CCCCC1. The molecule has 0 unspecified atom stereocenters. The minimum absolute atomic E-state index is 0.227. The van der Waals surface area contributed by atoms with Crippen molar-refractivity contribution < 1.29 is 4.79 Å².